The van der Waals surface area contributed by atoms with E-state index in [1.54, 1.807) is 23.2 Å². The molecule has 0 fully saturated rings. The molecule has 0 spiro atoms. The number of nitrogens with one attached hydrogen (secondary N) is 1. The molecule has 2 aromatic heterocycles. The summed E-state index contributed by atoms with van der Waals surface area (Å²) in [4.78, 5) is 42.9. The van der Waals surface area contributed by atoms with Crippen molar-refractivity contribution in [2.24, 2.45) is 0 Å². The quantitative estimate of drug-likeness (QED) is 0.660. The zero-order valence-corrected chi connectivity index (χ0v) is 16.1. The van der Waals surface area contributed by atoms with Gasteiger partial charge in [0.1, 0.15) is 0 Å². The molecule has 3 aromatic rings. The highest BCUT2D eigenvalue weighted by molar-refractivity contribution is 5.98. The van der Waals surface area contributed by atoms with Crippen molar-refractivity contribution in [3.63, 3.8) is 0 Å². The van der Waals surface area contributed by atoms with Gasteiger partial charge in [-0.25, -0.2) is 9.78 Å². The second-order valence-corrected chi connectivity index (χ2v) is 7.11. The van der Waals surface area contributed by atoms with Gasteiger partial charge in [0, 0.05) is 37.3 Å². The van der Waals surface area contributed by atoms with Gasteiger partial charge >= 0.3 is 5.76 Å². The number of carbonyl (C=O) groups excluding carboxylic acids is 2. The summed E-state index contributed by atoms with van der Waals surface area (Å²) in [6.07, 6.45) is 2.44. The highest BCUT2D eigenvalue weighted by Crippen LogP contribution is 2.22. The topological polar surface area (TPSA) is 97.4 Å². The van der Waals surface area contributed by atoms with Crippen LogP contribution in [-0.4, -0.2) is 38.9 Å². The van der Waals surface area contributed by atoms with E-state index in [0.29, 0.717) is 36.3 Å². The SMILES string of the molecule is CC[C@H](Cn1c(=O)oc2cccnc21)NC(=O)CCN1Cc2ccccc2C1=O. The standard InChI is InChI=1S/C21H22N4O4/c1-2-15(13-25-19-17(29-21(25)28)8-5-10-22-19)23-18(26)9-11-24-12-14-6-3-4-7-16(14)20(24)27/h3-8,10,15H,2,9,11-13H2,1H3,(H,23,26)/t15-/m1/s1. The first kappa shape index (κ1) is 18.9. The van der Waals surface area contributed by atoms with Crippen LogP contribution in [-0.2, 0) is 17.9 Å². The number of benzene rings is 1. The van der Waals surface area contributed by atoms with Crippen LogP contribution in [0.3, 0.4) is 0 Å². The van der Waals surface area contributed by atoms with Crippen molar-refractivity contribution >= 4 is 23.0 Å². The van der Waals surface area contributed by atoms with Crippen LogP contribution in [0.15, 0.2) is 51.8 Å². The minimum absolute atomic E-state index is 0.0389. The van der Waals surface area contributed by atoms with Crippen LogP contribution in [0.2, 0.25) is 0 Å². The first-order valence-corrected chi connectivity index (χ1v) is 9.67. The highest BCUT2D eigenvalue weighted by atomic mass is 16.4. The summed E-state index contributed by atoms with van der Waals surface area (Å²) in [6.45, 7) is 3.10. The van der Waals surface area contributed by atoms with E-state index in [1.807, 2.05) is 31.2 Å². The summed E-state index contributed by atoms with van der Waals surface area (Å²) in [5.41, 5.74) is 2.58. The monoisotopic (exact) mass is 394 g/mol. The molecule has 8 heteroatoms. The lowest BCUT2D eigenvalue weighted by Gasteiger charge is -2.19. The third-order valence-electron chi connectivity index (χ3n) is 5.19. The number of nitrogens with zero attached hydrogens (tertiary/aromatic N) is 3. The maximum Gasteiger partial charge on any atom is 0.421 e. The normalized spacial score (nSPS) is 14.2. The van der Waals surface area contributed by atoms with Gasteiger partial charge in [-0.05, 0) is 30.2 Å². The van der Waals surface area contributed by atoms with Gasteiger partial charge in [0.05, 0.1) is 6.54 Å². The lowest BCUT2D eigenvalue weighted by Crippen LogP contribution is -2.40. The minimum atomic E-state index is -0.494. The highest BCUT2D eigenvalue weighted by Gasteiger charge is 2.27. The number of amides is 2. The number of hydrogen-bond acceptors (Lipinski definition) is 5. The van der Waals surface area contributed by atoms with Gasteiger partial charge in [-0.3, -0.25) is 14.2 Å². The van der Waals surface area contributed by atoms with Crippen LogP contribution in [0.25, 0.3) is 11.2 Å². The molecule has 1 aromatic carbocycles. The van der Waals surface area contributed by atoms with E-state index in [2.05, 4.69) is 10.3 Å². The van der Waals surface area contributed by atoms with E-state index in [-0.39, 0.29) is 30.8 Å². The number of oxazole rings is 1. The van der Waals surface area contributed by atoms with E-state index < -0.39 is 5.76 Å². The van der Waals surface area contributed by atoms with Crippen molar-refractivity contribution in [1.29, 1.82) is 0 Å². The third-order valence-corrected chi connectivity index (χ3v) is 5.19. The van der Waals surface area contributed by atoms with Crippen LogP contribution < -0.4 is 11.1 Å². The number of carbonyl (C=O) groups is 2. The second-order valence-electron chi connectivity index (χ2n) is 7.11. The predicted molar refractivity (Wildman–Crippen MR) is 106 cm³/mol. The summed E-state index contributed by atoms with van der Waals surface area (Å²) in [7, 11) is 0. The smallest absolute Gasteiger partial charge is 0.406 e. The Bertz CT molecular complexity index is 1120. The van der Waals surface area contributed by atoms with E-state index in [9.17, 15) is 14.4 Å². The maximum atomic E-state index is 12.5. The van der Waals surface area contributed by atoms with E-state index in [1.165, 1.54) is 4.57 Å². The molecule has 0 saturated carbocycles. The summed E-state index contributed by atoms with van der Waals surface area (Å²) in [6, 6.07) is 10.6. The lowest BCUT2D eigenvalue weighted by atomic mass is 10.1. The van der Waals surface area contributed by atoms with Crippen molar-refractivity contribution in [3.8, 4) is 0 Å². The number of hydrogen-bond donors (Lipinski definition) is 1. The van der Waals surface area contributed by atoms with Crippen molar-refractivity contribution in [2.75, 3.05) is 6.54 Å². The summed E-state index contributed by atoms with van der Waals surface area (Å²) < 4.78 is 6.63. The predicted octanol–water partition coefficient (Wildman–Crippen LogP) is 1.93. The molecule has 0 unspecified atom stereocenters. The zero-order valence-electron chi connectivity index (χ0n) is 16.1. The van der Waals surface area contributed by atoms with Crippen molar-refractivity contribution < 1.29 is 14.0 Å². The minimum Gasteiger partial charge on any atom is -0.406 e. The molecule has 1 aliphatic rings. The molecule has 1 aliphatic heterocycles. The first-order valence-electron chi connectivity index (χ1n) is 9.67. The summed E-state index contributed by atoms with van der Waals surface area (Å²) >= 11 is 0. The first-order chi connectivity index (χ1) is 14.1. The largest absolute Gasteiger partial charge is 0.421 e. The Hall–Kier alpha value is -3.42. The van der Waals surface area contributed by atoms with E-state index >= 15 is 0 Å². The Balaban J connectivity index is 1.35. The Morgan fingerprint density at radius 3 is 2.86 bits per heavy atom. The fourth-order valence-electron chi connectivity index (χ4n) is 3.59. The molecular formula is C21H22N4O4. The molecule has 0 bridgehead atoms. The second kappa shape index (κ2) is 7.90. The summed E-state index contributed by atoms with van der Waals surface area (Å²) in [5, 5.41) is 2.95. The Morgan fingerprint density at radius 1 is 1.24 bits per heavy atom. The molecule has 8 nitrogen and oxygen atoms in total. The van der Waals surface area contributed by atoms with Crippen LogP contribution >= 0.6 is 0 Å². The lowest BCUT2D eigenvalue weighted by molar-refractivity contribution is -0.122. The molecule has 0 radical (unpaired) electrons. The van der Waals surface area contributed by atoms with E-state index in [4.69, 9.17) is 4.42 Å². The van der Waals surface area contributed by atoms with Gasteiger partial charge in [0.25, 0.3) is 5.91 Å². The molecule has 1 N–H and O–H groups in total. The van der Waals surface area contributed by atoms with Crippen LogP contribution in [0.4, 0.5) is 0 Å². The third kappa shape index (κ3) is 3.78. The van der Waals surface area contributed by atoms with Crippen molar-refractivity contribution in [1.82, 2.24) is 19.8 Å². The Labute approximate surface area is 167 Å². The number of aromatic nitrogens is 2. The van der Waals surface area contributed by atoms with Crippen LogP contribution in [0.1, 0.15) is 35.7 Å². The molecule has 0 aliphatic carbocycles. The number of fused-ring (bicyclic) bond motifs is 2. The number of pyridine rings is 1. The Kier molecular flexibility index (Phi) is 5.16. The van der Waals surface area contributed by atoms with Crippen molar-refractivity contribution in [3.05, 3.63) is 64.3 Å². The molecule has 150 valence electrons. The van der Waals surface area contributed by atoms with Gasteiger partial charge in [0.2, 0.25) is 5.91 Å². The fraction of sp³-hybridized carbons (Fsp3) is 0.333. The molecule has 3 heterocycles. The van der Waals surface area contributed by atoms with Gasteiger partial charge in [-0.15, -0.1) is 0 Å². The molecule has 2 amide bonds. The fourth-order valence-corrected chi connectivity index (χ4v) is 3.59. The molecule has 0 saturated heterocycles. The molecular weight excluding hydrogens is 372 g/mol. The van der Waals surface area contributed by atoms with Crippen LogP contribution in [0, 0.1) is 0 Å². The average Bonchev–Trinajstić information content (AvgIpc) is 3.22. The molecule has 1 atom stereocenters. The van der Waals surface area contributed by atoms with Gasteiger partial charge in [-0.1, -0.05) is 25.1 Å². The number of rotatable bonds is 7. The average molecular weight is 394 g/mol. The Morgan fingerprint density at radius 2 is 2.07 bits per heavy atom. The van der Waals surface area contributed by atoms with Gasteiger partial charge in [-0.2, -0.15) is 0 Å². The molecule has 4 rings (SSSR count). The zero-order chi connectivity index (χ0) is 20.4. The van der Waals surface area contributed by atoms with Crippen molar-refractivity contribution in [2.45, 2.75) is 38.9 Å². The molecule has 29 heavy (non-hydrogen) atoms. The summed E-state index contributed by atoms with van der Waals surface area (Å²) in [5.74, 6) is -0.691. The van der Waals surface area contributed by atoms with Gasteiger partial charge < -0.3 is 14.6 Å². The maximum absolute atomic E-state index is 12.5. The van der Waals surface area contributed by atoms with Gasteiger partial charge in [0.15, 0.2) is 11.2 Å². The van der Waals surface area contributed by atoms with E-state index in [0.717, 1.165) is 5.56 Å². The van der Waals surface area contributed by atoms with Crippen LogP contribution in [0.5, 0.6) is 0 Å².